The summed E-state index contributed by atoms with van der Waals surface area (Å²) in [6.45, 7) is 8.40. The Morgan fingerprint density at radius 2 is 2.23 bits per heavy atom. The third-order valence-electron chi connectivity index (χ3n) is 6.28. The highest BCUT2D eigenvalue weighted by Gasteiger charge is 2.29. The Balaban J connectivity index is 1.52. The lowest BCUT2D eigenvalue weighted by Crippen LogP contribution is -2.37. The van der Waals surface area contributed by atoms with Crippen molar-refractivity contribution < 1.29 is 4.79 Å². The molecule has 7 nitrogen and oxygen atoms in total. The number of hydrazone groups is 1. The molecule has 2 atom stereocenters. The van der Waals surface area contributed by atoms with Gasteiger partial charge in [0.25, 0.3) is 5.91 Å². The average Bonchev–Trinajstić information content (AvgIpc) is 3.49. The molecule has 1 fully saturated rings. The summed E-state index contributed by atoms with van der Waals surface area (Å²) in [5.74, 6) is 0.443. The van der Waals surface area contributed by atoms with Crippen LogP contribution in [0.2, 0.25) is 0 Å². The number of nitrogens with zero attached hydrogens (tertiary/aromatic N) is 3. The normalized spacial score (nSPS) is 23.0. The Morgan fingerprint density at radius 1 is 1.40 bits per heavy atom. The molecule has 0 radical (unpaired) electrons. The predicted molar refractivity (Wildman–Crippen MR) is 123 cm³/mol. The minimum atomic E-state index is 0.108. The van der Waals surface area contributed by atoms with E-state index in [0.717, 1.165) is 45.9 Å². The number of hydrogen-bond acceptors (Lipinski definition) is 6. The summed E-state index contributed by atoms with van der Waals surface area (Å²) in [7, 11) is 1.92. The first-order valence-corrected chi connectivity index (χ1v) is 11.4. The minimum absolute atomic E-state index is 0.108. The number of hydrogen-bond donors (Lipinski definition) is 3. The number of aromatic nitrogens is 1. The predicted octanol–water partition coefficient (Wildman–Crippen LogP) is 3.26. The number of amides is 1. The van der Waals surface area contributed by atoms with Crippen LogP contribution in [-0.2, 0) is 0 Å². The summed E-state index contributed by atoms with van der Waals surface area (Å²) < 4.78 is 0. The molecule has 0 aromatic carbocycles. The van der Waals surface area contributed by atoms with Crippen LogP contribution in [0.25, 0.3) is 15.8 Å². The summed E-state index contributed by atoms with van der Waals surface area (Å²) in [5.41, 5.74) is 4.73. The molecule has 2 aromatic heterocycles. The molecule has 1 saturated heterocycles. The van der Waals surface area contributed by atoms with E-state index in [1.54, 1.807) is 17.7 Å². The van der Waals surface area contributed by atoms with Gasteiger partial charge in [-0.05, 0) is 49.1 Å². The number of thiophene rings is 1. The maximum absolute atomic E-state index is 13.1. The zero-order valence-electron chi connectivity index (χ0n) is 17.8. The van der Waals surface area contributed by atoms with Gasteiger partial charge in [-0.2, -0.15) is 5.10 Å². The van der Waals surface area contributed by atoms with Crippen LogP contribution < -0.4 is 10.6 Å². The van der Waals surface area contributed by atoms with Gasteiger partial charge in [-0.25, -0.2) is 5.01 Å². The van der Waals surface area contributed by atoms with Gasteiger partial charge in [0.1, 0.15) is 17.3 Å². The third-order valence-corrected chi connectivity index (χ3v) is 7.32. The molecule has 1 amide bonds. The van der Waals surface area contributed by atoms with Crippen molar-refractivity contribution in [2.45, 2.75) is 45.3 Å². The second kappa shape index (κ2) is 7.28. The molecule has 1 unspecified atom stereocenters. The van der Waals surface area contributed by atoms with Gasteiger partial charge in [-0.15, -0.1) is 11.3 Å². The van der Waals surface area contributed by atoms with Gasteiger partial charge >= 0.3 is 0 Å². The number of rotatable bonds is 4. The highest BCUT2D eigenvalue weighted by molar-refractivity contribution is 7.20. The Morgan fingerprint density at radius 3 is 2.97 bits per heavy atom. The van der Waals surface area contributed by atoms with Crippen LogP contribution >= 0.6 is 11.3 Å². The molecular weight excluding hydrogens is 396 g/mol. The fraction of sp³-hybridized carbons (Fsp3) is 0.455. The van der Waals surface area contributed by atoms with Crippen LogP contribution in [0.3, 0.4) is 0 Å². The Hall–Kier alpha value is -2.58. The fourth-order valence-electron chi connectivity index (χ4n) is 4.64. The van der Waals surface area contributed by atoms with E-state index in [9.17, 15) is 4.79 Å². The minimum Gasteiger partial charge on any atom is -0.350 e. The van der Waals surface area contributed by atoms with Crippen LogP contribution in [0.5, 0.6) is 0 Å². The van der Waals surface area contributed by atoms with Crippen molar-refractivity contribution in [3.63, 3.8) is 0 Å². The van der Waals surface area contributed by atoms with Gasteiger partial charge in [-0.1, -0.05) is 13.8 Å². The summed E-state index contributed by atoms with van der Waals surface area (Å²) in [4.78, 5) is 20.5. The largest absolute Gasteiger partial charge is 0.350 e. The fourth-order valence-corrected chi connectivity index (χ4v) is 5.70. The maximum Gasteiger partial charge on any atom is 0.264 e. The van der Waals surface area contributed by atoms with Crippen molar-refractivity contribution in [3.05, 3.63) is 40.0 Å². The first kappa shape index (κ1) is 19.4. The van der Waals surface area contributed by atoms with Crippen molar-refractivity contribution >= 4 is 39.4 Å². The van der Waals surface area contributed by atoms with Gasteiger partial charge in [0.2, 0.25) is 0 Å². The van der Waals surface area contributed by atoms with Gasteiger partial charge < -0.3 is 20.5 Å². The molecule has 158 valence electrons. The summed E-state index contributed by atoms with van der Waals surface area (Å²) in [6.07, 6.45) is 7.17. The highest BCUT2D eigenvalue weighted by atomic mass is 32.1. The highest BCUT2D eigenvalue weighted by Crippen LogP contribution is 2.39. The number of carbonyl (C=O) groups excluding carboxylic acids is 1. The molecule has 0 saturated carbocycles. The average molecular weight is 425 g/mol. The van der Waals surface area contributed by atoms with E-state index in [1.165, 1.54) is 11.1 Å². The van der Waals surface area contributed by atoms with E-state index in [0.29, 0.717) is 5.92 Å². The standard InChI is InChI=1S/C22H28N6OS/c1-12(2)18-16-8-17(22(29)27(4)15-5-6-23-9-15)30-21(16)26-19(18)14-7-13(3)20-24-11-25-28(20)10-14/h7-8,10-12,15,20,23,26H,5-6,9H2,1-4H3,(H,24,25)/t15-,20?/m1/s1. The number of carbonyl (C=O) groups is 1. The molecule has 0 spiro atoms. The second-order valence-corrected chi connectivity index (χ2v) is 9.70. The SMILES string of the molecule is CC1=CC(c2[nH]c3sc(C(=O)N(C)[C@@H]4CCNC4)cc3c2C(C)C)=CN2N=CNC12. The lowest BCUT2D eigenvalue weighted by atomic mass is 9.95. The van der Waals surface area contributed by atoms with Crippen molar-refractivity contribution in [3.8, 4) is 0 Å². The van der Waals surface area contributed by atoms with Crippen molar-refractivity contribution in [1.29, 1.82) is 0 Å². The van der Waals surface area contributed by atoms with Gasteiger partial charge in [0, 0.05) is 36.8 Å². The van der Waals surface area contributed by atoms with Gasteiger partial charge in [-0.3, -0.25) is 4.79 Å². The molecule has 0 bridgehead atoms. The number of allylic oxidation sites excluding steroid dienone is 2. The van der Waals surface area contributed by atoms with Crippen molar-refractivity contribution in [2.24, 2.45) is 5.10 Å². The lowest BCUT2D eigenvalue weighted by Gasteiger charge is -2.26. The molecule has 3 N–H and O–H groups in total. The molecule has 5 heterocycles. The van der Waals surface area contributed by atoms with E-state index in [1.807, 2.05) is 17.0 Å². The van der Waals surface area contributed by atoms with E-state index < -0.39 is 0 Å². The number of H-pyrrole nitrogens is 1. The number of fused-ring (bicyclic) bond motifs is 2. The Labute approximate surface area is 180 Å². The summed E-state index contributed by atoms with van der Waals surface area (Å²) >= 11 is 1.56. The first-order chi connectivity index (χ1) is 14.4. The maximum atomic E-state index is 13.1. The van der Waals surface area contributed by atoms with E-state index in [4.69, 9.17) is 0 Å². The molecule has 0 aliphatic carbocycles. The smallest absolute Gasteiger partial charge is 0.264 e. The molecule has 3 aliphatic rings. The lowest BCUT2D eigenvalue weighted by molar-refractivity contribution is 0.0748. The van der Waals surface area contributed by atoms with E-state index in [2.05, 4.69) is 59.8 Å². The number of likely N-dealkylation sites (N-methyl/N-ethyl adjacent to an activating group) is 1. The number of nitrogens with one attached hydrogen (secondary N) is 3. The summed E-state index contributed by atoms with van der Waals surface area (Å²) in [6, 6.07) is 2.36. The van der Waals surface area contributed by atoms with E-state index >= 15 is 0 Å². The topological polar surface area (TPSA) is 75.8 Å². The molecule has 5 rings (SSSR count). The van der Waals surface area contributed by atoms with Gasteiger partial charge in [0.05, 0.1) is 10.6 Å². The zero-order valence-corrected chi connectivity index (χ0v) is 18.6. The van der Waals surface area contributed by atoms with Crippen LogP contribution in [0.15, 0.2) is 29.0 Å². The van der Waals surface area contributed by atoms with Crippen LogP contribution in [0.4, 0.5) is 0 Å². The van der Waals surface area contributed by atoms with Crippen LogP contribution in [-0.4, -0.2) is 59.5 Å². The molecule has 8 heteroatoms. The molecular formula is C22H28N6OS. The molecule has 2 aromatic rings. The van der Waals surface area contributed by atoms with Crippen molar-refractivity contribution in [1.82, 2.24) is 25.5 Å². The van der Waals surface area contributed by atoms with Crippen LogP contribution in [0.1, 0.15) is 54.0 Å². The molecule has 30 heavy (non-hydrogen) atoms. The van der Waals surface area contributed by atoms with Crippen LogP contribution in [0, 0.1) is 0 Å². The quantitative estimate of drug-likeness (QED) is 0.704. The van der Waals surface area contributed by atoms with Gasteiger partial charge in [0.15, 0.2) is 0 Å². The third kappa shape index (κ3) is 3.06. The van der Waals surface area contributed by atoms with Crippen molar-refractivity contribution in [2.75, 3.05) is 20.1 Å². The number of aromatic amines is 1. The Kier molecular flexibility index (Phi) is 4.71. The monoisotopic (exact) mass is 424 g/mol. The van der Waals surface area contributed by atoms with E-state index in [-0.39, 0.29) is 18.1 Å². The zero-order chi connectivity index (χ0) is 21.0. The first-order valence-electron chi connectivity index (χ1n) is 10.5. The second-order valence-electron chi connectivity index (χ2n) is 8.65. The molecule has 3 aliphatic heterocycles. The Bertz CT molecular complexity index is 1080. The summed E-state index contributed by atoms with van der Waals surface area (Å²) in [5, 5.41) is 14.1.